The van der Waals surface area contributed by atoms with E-state index in [0.29, 0.717) is 6.04 Å². The largest absolute Gasteiger partial charge is 0.308 e. The lowest BCUT2D eigenvalue weighted by Gasteiger charge is -2.21. The van der Waals surface area contributed by atoms with Crippen LogP contribution < -0.4 is 5.32 Å². The molecule has 0 saturated carbocycles. The van der Waals surface area contributed by atoms with Crippen LogP contribution in [0.2, 0.25) is 0 Å². The Kier molecular flexibility index (Phi) is 3.72. The van der Waals surface area contributed by atoms with Crippen molar-refractivity contribution in [3.05, 3.63) is 52.0 Å². The van der Waals surface area contributed by atoms with E-state index in [4.69, 9.17) is 4.98 Å². The third-order valence-corrected chi connectivity index (χ3v) is 4.41. The highest BCUT2D eigenvalue weighted by atomic mass is 32.1. The van der Waals surface area contributed by atoms with E-state index in [1.165, 1.54) is 35.5 Å². The first-order valence-corrected chi connectivity index (χ1v) is 7.51. The van der Waals surface area contributed by atoms with E-state index in [0.717, 1.165) is 13.0 Å². The molecule has 1 atom stereocenters. The molecule has 1 aromatic heterocycles. The number of nitrogens with zero attached hydrogens (tertiary/aromatic N) is 1. The number of rotatable bonds is 3. The molecule has 1 saturated heterocycles. The average Bonchev–Trinajstić information content (AvgIpc) is 2.89. The molecule has 1 aliphatic heterocycles. The van der Waals surface area contributed by atoms with E-state index in [2.05, 4.69) is 41.0 Å². The van der Waals surface area contributed by atoms with Crippen LogP contribution in [-0.4, -0.2) is 11.5 Å². The van der Waals surface area contributed by atoms with Crippen molar-refractivity contribution in [2.45, 2.75) is 31.7 Å². The molecule has 2 nitrogen and oxygen atoms in total. The fourth-order valence-electron chi connectivity index (χ4n) is 2.43. The summed E-state index contributed by atoms with van der Waals surface area (Å²) in [5, 5.41) is 7.03. The van der Waals surface area contributed by atoms with Gasteiger partial charge >= 0.3 is 0 Å². The smallest absolute Gasteiger partial charge is 0.110 e. The van der Waals surface area contributed by atoms with Gasteiger partial charge in [0.05, 0.1) is 11.7 Å². The third-order valence-electron chi connectivity index (χ3n) is 3.41. The molecule has 1 unspecified atom stereocenters. The summed E-state index contributed by atoms with van der Waals surface area (Å²) in [5.74, 6) is 0. The Morgan fingerprint density at radius 1 is 1.22 bits per heavy atom. The quantitative estimate of drug-likeness (QED) is 0.910. The maximum Gasteiger partial charge on any atom is 0.110 e. The molecular formula is C15H18N2S. The van der Waals surface area contributed by atoms with Crippen LogP contribution in [0.3, 0.4) is 0 Å². The maximum atomic E-state index is 4.79. The summed E-state index contributed by atoms with van der Waals surface area (Å²) in [6, 6.07) is 11.1. The second-order valence-corrected chi connectivity index (χ2v) is 5.73. The molecule has 2 aromatic rings. The van der Waals surface area contributed by atoms with Gasteiger partial charge < -0.3 is 5.32 Å². The minimum atomic E-state index is 0.494. The Morgan fingerprint density at radius 3 is 2.89 bits per heavy atom. The highest BCUT2D eigenvalue weighted by Crippen LogP contribution is 2.26. The second-order valence-electron chi connectivity index (χ2n) is 4.84. The Hall–Kier alpha value is -1.19. The lowest BCUT2D eigenvalue weighted by atomic mass is 10.1. The van der Waals surface area contributed by atoms with E-state index in [9.17, 15) is 0 Å². The minimum absolute atomic E-state index is 0.494. The molecule has 3 rings (SSSR count). The molecule has 0 amide bonds. The summed E-state index contributed by atoms with van der Waals surface area (Å²) >= 11 is 1.80. The number of nitrogens with one attached hydrogen (secondary N) is 1. The minimum Gasteiger partial charge on any atom is -0.308 e. The van der Waals surface area contributed by atoms with E-state index in [1.807, 2.05) is 0 Å². The molecular weight excluding hydrogens is 240 g/mol. The Balaban J connectivity index is 1.69. The van der Waals surface area contributed by atoms with Crippen LogP contribution >= 0.6 is 11.3 Å². The molecule has 2 heterocycles. The van der Waals surface area contributed by atoms with E-state index < -0.39 is 0 Å². The zero-order valence-corrected chi connectivity index (χ0v) is 11.2. The summed E-state index contributed by atoms with van der Waals surface area (Å²) in [7, 11) is 0. The van der Waals surface area contributed by atoms with Gasteiger partial charge in [0.1, 0.15) is 5.01 Å². The number of thiazole rings is 1. The van der Waals surface area contributed by atoms with E-state index >= 15 is 0 Å². The number of aromatic nitrogens is 1. The van der Waals surface area contributed by atoms with E-state index in [1.54, 1.807) is 11.3 Å². The van der Waals surface area contributed by atoms with Crippen LogP contribution in [0.5, 0.6) is 0 Å². The highest BCUT2D eigenvalue weighted by Gasteiger charge is 2.17. The molecule has 0 spiro atoms. The zero-order chi connectivity index (χ0) is 12.2. The highest BCUT2D eigenvalue weighted by molar-refractivity contribution is 7.09. The number of hydrogen-bond donors (Lipinski definition) is 1. The second kappa shape index (κ2) is 5.63. The summed E-state index contributed by atoms with van der Waals surface area (Å²) < 4.78 is 0. The third kappa shape index (κ3) is 2.79. The van der Waals surface area contributed by atoms with E-state index in [-0.39, 0.29) is 0 Å². The molecule has 1 fully saturated rings. The van der Waals surface area contributed by atoms with Gasteiger partial charge in [-0.3, -0.25) is 0 Å². The predicted octanol–water partition coefficient (Wildman–Crippen LogP) is 3.55. The maximum absolute atomic E-state index is 4.79. The molecule has 0 aliphatic carbocycles. The van der Waals surface area contributed by atoms with Crippen LogP contribution in [0.25, 0.3) is 0 Å². The molecule has 94 valence electrons. The standard InChI is InChI=1S/C15H18N2S/c1-2-6-12(7-3-1)10-13-11-18-15(17-13)14-8-4-5-9-16-14/h1-3,6-7,11,14,16H,4-5,8-10H2. The monoisotopic (exact) mass is 258 g/mol. The lowest BCUT2D eigenvalue weighted by Crippen LogP contribution is -2.26. The molecule has 1 N–H and O–H groups in total. The molecule has 1 aromatic carbocycles. The number of benzene rings is 1. The Labute approximate surface area is 112 Å². The fraction of sp³-hybridized carbons (Fsp3) is 0.400. The molecule has 18 heavy (non-hydrogen) atoms. The number of hydrogen-bond acceptors (Lipinski definition) is 3. The van der Waals surface area contributed by atoms with Crippen LogP contribution in [0, 0.1) is 0 Å². The van der Waals surface area contributed by atoms with Gasteiger partial charge in [0.2, 0.25) is 0 Å². The van der Waals surface area contributed by atoms with Crippen LogP contribution in [0.1, 0.15) is 41.6 Å². The van der Waals surface area contributed by atoms with Crippen molar-refractivity contribution in [1.82, 2.24) is 10.3 Å². The van der Waals surface area contributed by atoms with Gasteiger partial charge in [0.25, 0.3) is 0 Å². The predicted molar refractivity (Wildman–Crippen MR) is 76.0 cm³/mol. The first kappa shape index (κ1) is 11.9. The zero-order valence-electron chi connectivity index (χ0n) is 10.4. The van der Waals surface area contributed by atoms with Gasteiger partial charge in [-0.25, -0.2) is 4.98 Å². The molecule has 0 radical (unpaired) electrons. The average molecular weight is 258 g/mol. The molecule has 1 aliphatic rings. The summed E-state index contributed by atoms with van der Waals surface area (Å²) in [6.07, 6.45) is 4.81. The van der Waals surface area contributed by atoms with Gasteiger partial charge in [-0.15, -0.1) is 11.3 Å². The summed E-state index contributed by atoms with van der Waals surface area (Å²) in [5.41, 5.74) is 2.54. The van der Waals surface area contributed by atoms with Crippen LogP contribution in [0.4, 0.5) is 0 Å². The van der Waals surface area contributed by atoms with Crippen molar-refractivity contribution in [1.29, 1.82) is 0 Å². The van der Waals surface area contributed by atoms with Crippen molar-refractivity contribution in [2.24, 2.45) is 0 Å². The van der Waals surface area contributed by atoms with Crippen molar-refractivity contribution >= 4 is 11.3 Å². The summed E-state index contributed by atoms with van der Waals surface area (Å²) in [6.45, 7) is 1.14. The number of piperidine rings is 1. The SMILES string of the molecule is c1ccc(Cc2csc(C3CCCCN3)n2)cc1. The van der Waals surface area contributed by atoms with Gasteiger partial charge in [0.15, 0.2) is 0 Å². The summed E-state index contributed by atoms with van der Waals surface area (Å²) in [4.78, 5) is 4.79. The van der Waals surface area contributed by atoms with Crippen LogP contribution in [0.15, 0.2) is 35.7 Å². The first-order valence-electron chi connectivity index (χ1n) is 6.63. The van der Waals surface area contributed by atoms with Crippen molar-refractivity contribution in [3.8, 4) is 0 Å². The normalized spacial score (nSPS) is 19.9. The Bertz CT molecular complexity index is 486. The van der Waals surface area contributed by atoms with Gasteiger partial charge in [0, 0.05) is 11.8 Å². The van der Waals surface area contributed by atoms with Gasteiger partial charge in [-0.05, 0) is 24.9 Å². The lowest BCUT2D eigenvalue weighted by molar-refractivity contribution is 0.411. The van der Waals surface area contributed by atoms with Gasteiger partial charge in [-0.1, -0.05) is 36.8 Å². The Morgan fingerprint density at radius 2 is 2.11 bits per heavy atom. The van der Waals surface area contributed by atoms with Crippen LogP contribution in [-0.2, 0) is 6.42 Å². The molecule has 0 bridgehead atoms. The van der Waals surface area contributed by atoms with Crippen molar-refractivity contribution in [3.63, 3.8) is 0 Å². The molecule has 3 heteroatoms. The van der Waals surface area contributed by atoms with Gasteiger partial charge in [-0.2, -0.15) is 0 Å². The first-order chi connectivity index (χ1) is 8.92. The topological polar surface area (TPSA) is 24.9 Å². The fourth-order valence-corrected chi connectivity index (χ4v) is 3.36. The van der Waals surface area contributed by atoms with Crippen molar-refractivity contribution < 1.29 is 0 Å². The van der Waals surface area contributed by atoms with Crippen molar-refractivity contribution in [2.75, 3.05) is 6.54 Å².